The van der Waals surface area contributed by atoms with Crippen LogP contribution in [0.5, 0.6) is 5.75 Å². The van der Waals surface area contributed by atoms with Gasteiger partial charge in [0.15, 0.2) is 11.5 Å². The molecule has 0 bridgehead atoms. The summed E-state index contributed by atoms with van der Waals surface area (Å²) in [5.41, 5.74) is 4.43. The highest BCUT2D eigenvalue weighted by atomic mass is 19.4. The lowest BCUT2D eigenvalue weighted by Gasteiger charge is -2.31. The molecule has 4 heterocycles. The Labute approximate surface area is 221 Å². The van der Waals surface area contributed by atoms with E-state index in [1.54, 1.807) is 19.4 Å². The van der Waals surface area contributed by atoms with Gasteiger partial charge in [-0.2, -0.15) is 18.3 Å². The van der Waals surface area contributed by atoms with Gasteiger partial charge in [0.1, 0.15) is 11.4 Å². The third-order valence-electron chi connectivity index (χ3n) is 6.20. The number of aromatic nitrogens is 4. The van der Waals surface area contributed by atoms with Crippen LogP contribution in [0.15, 0.2) is 60.9 Å². The summed E-state index contributed by atoms with van der Waals surface area (Å²) in [4.78, 5) is 32.7. The van der Waals surface area contributed by atoms with E-state index in [2.05, 4.69) is 4.98 Å². The zero-order valence-electron chi connectivity index (χ0n) is 21.2. The van der Waals surface area contributed by atoms with Crippen molar-refractivity contribution in [3.05, 3.63) is 78.0 Å². The lowest BCUT2D eigenvalue weighted by atomic mass is 9.97. The molecule has 204 valence electrons. The predicted molar refractivity (Wildman–Crippen MR) is 136 cm³/mol. The van der Waals surface area contributed by atoms with Gasteiger partial charge in [-0.3, -0.25) is 9.78 Å². The van der Waals surface area contributed by atoms with Crippen molar-refractivity contribution in [1.29, 1.82) is 0 Å². The summed E-state index contributed by atoms with van der Waals surface area (Å²) in [5.74, 6) is -1.08. The van der Waals surface area contributed by atoms with Crippen molar-refractivity contribution in [2.45, 2.75) is 31.9 Å². The summed E-state index contributed by atoms with van der Waals surface area (Å²) in [6.45, 7) is 3.30. The number of carbonyl (C=O) groups is 2. The standard InChI is InChI=1S/C25H25N5O2.C2HF3O2/c1-17-8-10-22(26-14-17)25(31)29-12-4-6-20(15-29)24-27-23-11-9-19(16-30(23)28-24)18-5-3-7-21(13-18)32-2;3-2(4,5)1(6)7/h3,5,7-11,13-14,16,20H,4,6,12,15H2,1-2H3;(H,6,7). The first-order valence-corrected chi connectivity index (χ1v) is 12.1. The van der Waals surface area contributed by atoms with Crippen molar-refractivity contribution >= 4 is 17.5 Å². The number of nitrogens with zero attached hydrogens (tertiary/aromatic N) is 5. The number of hydrogen-bond donors (Lipinski definition) is 1. The predicted octanol–water partition coefficient (Wildman–Crippen LogP) is 4.76. The molecule has 1 amide bonds. The number of amides is 1. The van der Waals surface area contributed by atoms with Crippen LogP contribution >= 0.6 is 0 Å². The summed E-state index contributed by atoms with van der Waals surface area (Å²) < 4.78 is 38.9. The zero-order valence-corrected chi connectivity index (χ0v) is 21.2. The average Bonchev–Trinajstić information content (AvgIpc) is 3.37. The number of carboxylic acids is 1. The molecule has 9 nitrogen and oxygen atoms in total. The number of benzene rings is 1. The first-order chi connectivity index (χ1) is 18.5. The summed E-state index contributed by atoms with van der Waals surface area (Å²) in [5, 5.41) is 11.9. The SMILES string of the molecule is COc1cccc(-c2ccc3nc(C4CCCN(C(=O)c5ccc(C)cn5)C4)nn3c2)c1.O=C(O)C(F)(F)F. The molecule has 1 aliphatic rings. The van der Waals surface area contributed by atoms with Gasteiger partial charge in [-0.15, -0.1) is 0 Å². The number of carbonyl (C=O) groups excluding carboxylic acids is 1. The van der Waals surface area contributed by atoms with Crippen molar-refractivity contribution in [2.75, 3.05) is 20.2 Å². The van der Waals surface area contributed by atoms with Crippen LogP contribution in [0.25, 0.3) is 16.8 Å². The highest BCUT2D eigenvalue weighted by Gasteiger charge is 2.38. The fourth-order valence-corrected chi connectivity index (χ4v) is 4.18. The first-order valence-electron chi connectivity index (χ1n) is 12.1. The molecule has 1 aromatic carbocycles. The highest BCUT2D eigenvalue weighted by molar-refractivity contribution is 5.92. The molecule has 1 N–H and O–H groups in total. The molecule has 4 aromatic rings. The van der Waals surface area contributed by atoms with Crippen LogP contribution in [0.3, 0.4) is 0 Å². The number of alkyl halides is 3. The van der Waals surface area contributed by atoms with Crippen LogP contribution in [0.4, 0.5) is 13.2 Å². The number of halogens is 3. The summed E-state index contributed by atoms with van der Waals surface area (Å²) in [6, 6.07) is 15.7. The molecule has 0 saturated carbocycles. The number of methoxy groups -OCH3 is 1. The number of hydrogen-bond acceptors (Lipinski definition) is 6. The minimum atomic E-state index is -5.08. The van der Waals surface area contributed by atoms with Crippen LogP contribution in [0.1, 0.15) is 40.6 Å². The monoisotopic (exact) mass is 541 g/mol. The quantitative estimate of drug-likeness (QED) is 0.397. The maximum atomic E-state index is 12.9. The Morgan fingerprint density at radius 1 is 1.10 bits per heavy atom. The van der Waals surface area contributed by atoms with E-state index in [0.29, 0.717) is 12.2 Å². The number of likely N-dealkylation sites (tertiary alicyclic amines) is 1. The van der Waals surface area contributed by atoms with Gasteiger partial charge in [0.05, 0.1) is 7.11 Å². The van der Waals surface area contributed by atoms with Gasteiger partial charge in [-0.25, -0.2) is 14.3 Å². The number of pyridine rings is 2. The van der Waals surface area contributed by atoms with E-state index >= 15 is 0 Å². The van der Waals surface area contributed by atoms with Crippen LogP contribution in [0.2, 0.25) is 0 Å². The molecule has 1 atom stereocenters. The number of aliphatic carboxylic acids is 1. The van der Waals surface area contributed by atoms with Gasteiger partial charge >= 0.3 is 12.1 Å². The Balaban J connectivity index is 0.000000448. The van der Waals surface area contributed by atoms with Crippen LogP contribution in [-0.4, -0.2) is 67.8 Å². The minimum Gasteiger partial charge on any atom is -0.497 e. The average molecular weight is 542 g/mol. The van der Waals surface area contributed by atoms with Crippen molar-refractivity contribution < 1.29 is 32.6 Å². The molecule has 1 fully saturated rings. The second-order valence-electron chi connectivity index (χ2n) is 9.04. The van der Waals surface area contributed by atoms with Crippen LogP contribution < -0.4 is 4.74 Å². The fraction of sp³-hybridized carbons (Fsp3) is 0.296. The van der Waals surface area contributed by atoms with Gasteiger partial charge < -0.3 is 14.7 Å². The Hall–Kier alpha value is -4.48. The van der Waals surface area contributed by atoms with E-state index in [1.807, 2.05) is 65.0 Å². The minimum absolute atomic E-state index is 0.0289. The van der Waals surface area contributed by atoms with E-state index in [1.165, 1.54) is 0 Å². The van der Waals surface area contributed by atoms with Crippen molar-refractivity contribution in [1.82, 2.24) is 24.5 Å². The van der Waals surface area contributed by atoms with Gasteiger partial charge in [-0.05, 0) is 61.2 Å². The van der Waals surface area contributed by atoms with Crippen molar-refractivity contribution in [3.8, 4) is 16.9 Å². The van der Waals surface area contributed by atoms with Crippen LogP contribution in [0, 0.1) is 6.92 Å². The molecule has 1 aliphatic heterocycles. The number of aryl methyl sites for hydroxylation is 1. The van der Waals surface area contributed by atoms with Gasteiger partial charge in [0.2, 0.25) is 0 Å². The number of carboxylic acid groups (broad SMARTS) is 1. The smallest absolute Gasteiger partial charge is 0.490 e. The molecule has 1 saturated heterocycles. The second kappa shape index (κ2) is 11.5. The van der Waals surface area contributed by atoms with E-state index in [-0.39, 0.29) is 11.8 Å². The first kappa shape index (κ1) is 27.6. The largest absolute Gasteiger partial charge is 0.497 e. The van der Waals surface area contributed by atoms with E-state index in [4.69, 9.17) is 24.7 Å². The Kier molecular flexibility index (Phi) is 8.12. The summed E-state index contributed by atoms with van der Waals surface area (Å²) in [7, 11) is 1.67. The third-order valence-corrected chi connectivity index (χ3v) is 6.20. The van der Waals surface area contributed by atoms with Crippen molar-refractivity contribution in [3.63, 3.8) is 0 Å². The van der Waals surface area contributed by atoms with Gasteiger partial charge in [0.25, 0.3) is 5.91 Å². The molecule has 3 aromatic heterocycles. The Morgan fingerprint density at radius 2 is 1.87 bits per heavy atom. The van der Waals surface area contributed by atoms with E-state index in [0.717, 1.165) is 53.3 Å². The van der Waals surface area contributed by atoms with Gasteiger partial charge in [-0.1, -0.05) is 18.2 Å². The molecule has 1 unspecified atom stereocenters. The zero-order chi connectivity index (χ0) is 28.2. The third kappa shape index (κ3) is 6.70. The molecule has 12 heteroatoms. The highest BCUT2D eigenvalue weighted by Crippen LogP contribution is 2.28. The molecule has 0 radical (unpaired) electrons. The number of rotatable bonds is 4. The number of ether oxygens (including phenoxy) is 1. The normalized spacial score (nSPS) is 15.4. The summed E-state index contributed by atoms with van der Waals surface area (Å²) >= 11 is 0. The van der Waals surface area contributed by atoms with Gasteiger partial charge in [0, 0.05) is 37.0 Å². The molecule has 0 aliphatic carbocycles. The molecule has 5 rings (SSSR count). The molecule has 39 heavy (non-hydrogen) atoms. The maximum absolute atomic E-state index is 12.9. The fourth-order valence-electron chi connectivity index (χ4n) is 4.18. The van der Waals surface area contributed by atoms with E-state index < -0.39 is 12.1 Å². The summed E-state index contributed by atoms with van der Waals surface area (Å²) in [6.07, 6.45) is 0.526. The topological polar surface area (TPSA) is 110 Å². The lowest BCUT2D eigenvalue weighted by Crippen LogP contribution is -2.39. The van der Waals surface area contributed by atoms with Crippen LogP contribution in [-0.2, 0) is 4.79 Å². The Bertz CT molecular complexity index is 1470. The van der Waals surface area contributed by atoms with E-state index in [9.17, 15) is 18.0 Å². The Morgan fingerprint density at radius 3 is 2.54 bits per heavy atom. The second-order valence-corrected chi connectivity index (χ2v) is 9.04. The lowest BCUT2D eigenvalue weighted by molar-refractivity contribution is -0.192. The maximum Gasteiger partial charge on any atom is 0.490 e. The molecule has 0 spiro atoms. The molecular formula is C27H26F3N5O4. The number of fused-ring (bicyclic) bond motifs is 1. The molecular weight excluding hydrogens is 515 g/mol. The number of piperidine rings is 1. The van der Waals surface area contributed by atoms with Crippen molar-refractivity contribution in [2.24, 2.45) is 0 Å².